The molecule has 0 spiro atoms. The largest absolute Gasteiger partial charge is 0.510 e. The van der Waals surface area contributed by atoms with E-state index in [1.54, 1.807) is 20.8 Å². The molecule has 0 aromatic carbocycles. The maximum Gasteiger partial charge on any atom is 0.510 e. The van der Waals surface area contributed by atoms with Crippen molar-refractivity contribution in [3.63, 3.8) is 0 Å². The van der Waals surface area contributed by atoms with E-state index < -0.39 is 6.97 Å². The fraction of sp³-hybridized carbons (Fsp3) is 0.833. The van der Waals surface area contributed by atoms with E-state index in [0.29, 0.717) is 12.3 Å². The van der Waals surface area contributed by atoms with E-state index >= 15 is 0 Å². The van der Waals surface area contributed by atoms with Crippen LogP contribution in [0.2, 0.25) is 0 Å². The lowest BCUT2D eigenvalue weighted by Crippen LogP contribution is -2.43. The van der Waals surface area contributed by atoms with E-state index in [4.69, 9.17) is 0 Å². The second-order valence-corrected chi connectivity index (χ2v) is 2.74. The average Bonchev–Trinajstić information content (AvgIpc) is 1.83. The van der Waals surface area contributed by atoms with Crippen molar-refractivity contribution in [1.29, 1.82) is 0 Å². The van der Waals surface area contributed by atoms with Crippen LogP contribution >= 0.6 is 0 Å². The molecule has 0 aliphatic carbocycles. The molecule has 0 saturated carbocycles. The van der Waals surface area contributed by atoms with Gasteiger partial charge >= 0.3 is 6.97 Å². The minimum Gasteiger partial charge on any atom is -0.442 e. The van der Waals surface area contributed by atoms with Gasteiger partial charge in [-0.3, -0.25) is 0 Å². The fourth-order valence-electron chi connectivity index (χ4n) is 0.629. The SMILES string of the molecule is CCN(C)[B-](F)(F)N=C(C)C. The molecule has 11 heavy (non-hydrogen) atoms. The van der Waals surface area contributed by atoms with Crippen LogP contribution in [0.15, 0.2) is 4.90 Å². The molecule has 0 bridgehead atoms. The van der Waals surface area contributed by atoms with Gasteiger partial charge in [0, 0.05) is 0 Å². The molecule has 5 heteroatoms. The third-order valence-electron chi connectivity index (χ3n) is 1.44. The summed E-state index contributed by atoms with van der Waals surface area (Å²) < 4.78 is 25.7. The maximum atomic E-state index is 12.9. The van der Waals surface area contributed by atoms with Crippen molar-refractivity contribution >= 4 is 12.7 Å². The van der Waals surface area contributed by atoms with Gasteiger partial charge in [-0.1, -0.05) is 6.92 Å². The van der Waals surface area contributed by atoms with Crippen LogP contribution in [0.4, 0.5) is 8.63 Å². The van der Waals surface area contributed by atoms with Gasteiger partial charge in [0.05, 0.1) is 0 Å². The Balaban J connectivity index is 4.33. The number of halogens is 2. The molecular formula is C6H14BF2N2-. The quantitative estimate of drug-likeness (QED) is 0.457. The molecule has 0 saturated heterocycles. The van der Waals surface area contributed by atoms with Crippen LogP contribution in [0.1, 0.15) is 20.8 Å². The lowest BCUT2D eigenvalue weighted by atomic mass is 9.97. The fourth-order valence-corrected chi connectivity index (χ4v) is 0.629. The number of nitrogens with zero attached hydrogens (tertiary/aromatic N) is 2. The summed E-state index contributed by atoms with van der Waals surface area (Å²) in [4.78, 5) is 4.20. The Hall–Kier alpha value is -0.445. The van der Waals surface area contributed by atoms with Crippen molar-refractivity contribution in [2.24, 2.45) is 4.90 Å². The Bertz CT molecular complexity index is 155. The van der Waals surface area contributed by atoms with Gasteiger partial charge in [-0.05, 0) is 33.2 Å². The van der Waals surface area contributed by atoms with Crippen molar-refractivity contribution in [1.82, 2.24) is 4.81 Å². The van der Waals surface area contributed by atoms with Gasteiger partial charge in [0.2, 0.25) is 0 Å². The summed E-state index contributed by atoms with van der Waals surface area (Å²) in [7, 11) is 1.37. The Morgan fingerprint density at radius 2 is 1.91 bits per heavy atom. The van der Waals surface area contributed by atoms with E-state index in [-0.39, 0.29) is 0 Å². The second kappa shape index (κ2) is 3.81. The molecule has 2 nitrogen and oxygen atoms in total. The van der Waals surface area contributed by atoms with Crippen LogP contribution in [0, 0.1) is 0 Å². The molecule has 0 atom stereocenters. The van der Waals surface area contributed by atoms with E-state index in [0.717, 1.165) is 4.81 Å². The monoisotopic (exact) mass is 163 g/mol. The molecule has 0 unspecified atom stereocenters. The number of rotatable bonds is 3. The Morgan fingerprint density at radius 1 is 1.45 bits per heavy atom. The molecule has 0 heterocycles. The summed E-state index contributed by atoms with van der Waals surface area (Å²) in [6, 6.07) is 0. The first-order valence-corrected chi connectivity index (χ1v) is 3.65. The molecule has 0 aliphatic heterocycles. The Kier molecular flexibility index (Phi) is 3.65. The highest BCUT2D eigenvalue weighted by Crippen LogP contribution is 2.12. The summed E-state index contributed by atoms with van der Waals surface area (Å²) in [5, 5.41) is 0. The zero-order valence-corrected chi connectivity index (χ0v) is 7.43. The molecule has 0 aliphatic rings. The van der Waals surface area contributed by atoms with Crippen LogP contribution in [-0.2, 0) is 0 Å². The zero-order valence-electron chi connectivity index (χ0n) is 7.43. The highest BCUT2D eigenvalue weighted by atomic mass is 19.2. The van der Waals surface area contributed by atoms with Crippen LogP contribution < -0.4 is 0 Å². The van der Waals surface area contributed by atoms with Crippen molar-refractivity contribution in [3.8, 4) is 0 Å². The molecule has 0 amide bonds. The molecule has 0 aromatic rings. The van der Waals surface area contributed by atoms with Crippen LogP contribution in [0.25, 0.3) is 0 Å². The maximum absolute atomic E-state index is 12.9. The van der Waals surface area contributed by atoms with Gasteiger partial charge in [0.15, 0.2) is 0 Å². The highest BCUT2D eigenvalue weighted by Gasteiger charge is 2.27. The van der Waals surface area contributed by atoms with E-state index in [1.807, 2.05) is 0 Å². The summed E-state index contributed by atoms with van der Waals surface area (Å²) in [5.74, 6) is 0. The first-order chi connectivity index (χ1) is 4.90. The van der Waals surface area contributed by atoms with Crippen molar-refractivity contribution in [2.45, 2.75) is 20.8 Å². The molecule has 0 radical (unpaired) electrons. The smallest absolute Gasteiger partial charge is 0.442 e. The van der Waals surface area contributed by atoms with Crippen LogP contribution in [0.5, 0.6) is 0 Å². The lowest BCUT2D eigenvalue weighted by Gasteiger charge is -2.31. The molecule has 0 fully saturated rings. The predicted octanol–water partition coefficient (Wildman–Crippen LogP) is 1.79. The predicted molar refractivity (Wildman–Crippen MR) is 45.1 cm³/mol. The van der Waals surface area contributed by atoms with Gasteiger partial charge in [-0.15, -0.1) is 0 Å². The summed E-state index contributed by atoms with van der Waals surface area (Å²) in [5.41, 5.74) is 0.412. The molecule has 66 valence electrons. The highest BCUT2D eigenvalue weighted by molar-refractivity contribution is 6.62. The topological polar surface area (TPSA) is 15.6 Å². The van der Waals surface area contributed by atoms with Crippen molar-refractivity contribution in [3.05, 3.63) is 0 Å². The Morgan fingerprint density at radius 3 is 2.18 bits per heavy atom. The molecular weight excluding hydrogens is 149 g/mol. The first-order valence-electron chi connectivity index (χ1n) is 3.65. The minimum atomic E-state index is -3.68. The summed E-state index contributed by atoms with van der Waals surface area (Å²) in [6.07, 6.45) is 0. The molecule has 0 aromatic heterocycles. The summed E-state index contributed by atoms with van der Waals surface area (Å²) >= 11 is 0. The second-order valence-electron chi connectivity index (χ2n) is 2.74. The van der Waals surface area contributed by atoms with Gasteiger partial charge in [-0.2, -0.15) is 0 Å². The number of hydrogen-bond acceptors (Lipinski definition) is 2. The van der Waals surface area contributed by atoms with Gasteiger partial charge in [0.1, 0.15) is 0 Å². The third-order valence-corrected chi connectivity index (χ3v) is 1.44. The average molecular weight is 163 g/mol. The van der Waals surface area contributed by atoms with Gasteiger partial charge < -0.3 is 18.3 Å². The zero-order chi connectivity index (χ0) is 9.07. The Labute approximate surface area is 66.4 Å². The molecule has 0 N–H and O–H groups in total. The van der Waals surface area contributed by atoms with E-state index in [2.05, 4.69) is 4.90 Å². The minimum absolute atomic E-state index is 0.309. The third kappa shape index (κ3) is 3.46. The normalized spacial score (nSPS) is 11.9. The molecule has 0 rings (SSSR count). The van der Waals surface area contributed by atoms with Crippen molar-refractivity contribution in [2.75, 3.05) is 13.6 Å². The summed E-state index contributed by atoms with van der Waals surface area (Å²) in [6.45, 7) is 1.45. The van der Waals surface area contributed by atoms with Gasteiger partial charge in [-0.25, -0.2) is 0 Å². The van der Waals surface area contributed by atoms with Crippen LogP contribution in [-0.4, -0.2) is 31.1 Å². The van der Waals surface area contributed by atoms with Gasteiger partial charge in [0.25, 0.3) is 0 Å². The number of hydrogen-bond donors (Lipinski definition) is 0. The van der Waals surface area contributed by atoms with Crippen molar-refractivity contribution < 1.29 is 8.63 Å². The first kappa shape index (κ1) is 10.6. The van der Waals surface area contributed by atoms with E-state index in [1.165, 1.54) is 7.05 Å². The van der Waals surface area contributed by atoms with Crippen LogP contribution in [0.3, 0.4) is 0 Å². The van der Waals surface area contributed by atoms with E-state index in [9.17, 15) is 8.63 Å². The lowest BCUT2D eigenvalue weighted by molar-refractivity contribution is 0.395. The standard InChI is InChI=1S/C6H14BF2N2/c1-5-11(4)7(8,9)10-6(2)3/h5H2,1-4H3/q-1.